The van der Waals surface area contributed by atoms with Gasteiger partial charge in [0.2, 0.25) is 16.8 Å². The summed E-state index contributed by atoms with van der Waals surface area (Å²) in [4.78, 5) is 14.3. The van der Waals surface area contributed by atoms with Gasteiger partial charge in [0.05, 0.1) is 4.90 Å². The van der Waals surface area contributed by atoms with Gasteiger partial charge in [-0.3, -0.25) is 0 Å². The summed E-state index contributed by atoms with van der Waals surface area (Å²) < 4.78 is 37.2. The third kappa shape index (κ3) is 5.36. The molecule has 0 atom stereocenters. The maximum Gasteiger partial charge on any atom is 0.238 e. The fourth-order valence-corrected chi connectivity index (χ4v) is 6.01. The van der Waals surface area contributed by atoms with Crippen molar-refractivity contribution in [2.45, 2.75) is 34.5 Å². The van der Waals surface area contributed by atoms with Gasteiger partial charge in [-0.1, -0.05) is 23.9 Å². The minimum absolute atomic E-state index is 0.101. The summed E-state index contributed by atoms with van der Waals surface area (Å²) in [6, 6.07) is 10.5. The molecule has 2 aromatic carbocycles. The van der Waals surface area contributed by atoms with Crippen LogP contribution in [-0.2, 0) is 23.1 Å². The van der Waals surface area contributed by atoms with E-state index in [0.29, 0.717) is 42.4 Å². The number of anilines is 1. The second kappa shape index (κ2) is 10.4. The Bertz CT molecular complexity index is 1550. The Balaban J connectivity index is 1.30. The van der Waals surface area contributed by atoms with E-state index in [1.165, 1.54) is 24.2 Å². The quantitative estimate of drug-likeness (QED) is 0.184. The summed E-state index contributed by atoms with van der Waals surface area (Å²) in [5.41, 5.74) is 8.14. The Hall–Kier alpha value is -2.66. The first kappa shape index (κ1) is 25.0. The number of imidazole rings is 1. The van der Waals surface area contributed by atoms with Crippen LogP contribution < -0.4 is 25.7 Å². The molecule has 0 bridgehead atoms. The van der Waals surface area contributed by atoms with Crippen molar-refractivity contribution in [2.75, 3.05) is 19.1 Å². The first-order valence-corrected chi connectivity index (χ1v) is 14.3. The normalized spacial score (nSPS) is 12.9. The fourth-order valence-electron chi connectivity index (χ4n) is 3.72. The van der Waals surface area contributed by atoms with Crippen LogP contribution in [0, 0.1) is 3.57 Å². The molecule has 0 saturated carbocycles. The van der Waals surface area contributed by atoms with Crippen LogP contribution in [0.2, 0.25) is 0 Å². The lowest BCUT2D eigenvalue weighted by Gasteiger charge is -2.11. The molecule has 188 valence electrons. The van der Waals surface area contributed by atoms with Gasteiger partial charge >= 0.3 is 0 Å². The largest absolute Gasteiger partial charge is 0.454 e. The third-order valence-electron chi connectivity index (χ3n) is 5.45. The van der Waals surface area contributed by atoms with Crippen molar-refractivity contribution in [3.63, 3.8) is 0 Å². The number of nitrogens with one attached hydrogen (secondary N) is 1. The number of primary sulfonamides is 1. The summed E-state index contributed by atoms with van der Waals surface area (Å²) in [5, 5.41) is 9.31. The van der Waals surface area contributed by atoms with Crippen molar-refractivity contribution in [3.8, 4) is 11.5 Å². The molecule has 0 aliphatic carbocycles. The number of nitrogen functional groups attached to an aromatic ring is 1. The highest BCUT2D eigenvalue weighted by atomic mass is 127. The van der Waals surface area contributed by atoms with Gasteiger partial charge in [0.15, 0.2) is 33.6 Å². The maximum atomic E-state index is 11.6. The topological polar surface area (TPSA) is 160 Å². The van der Waals surface area contributed by atoms with Crippen LogP contribution in [0.15, 0.2) is 57.7 Å². The summed E-state index contributed by atoms with van der Waals surface area (Å²) in [7, 11) is -3.73. The number of hydrogen-bond donors (Lipinski definition) is 3. The Kier molecular flexibility index (Phi) is 7.21. The van der Waals surface area contributed by atoms with E-state index in [0.717, 1.165) is 31.4 Å². The monoisotopic (exact) mass is 639 g/mol. The Labute approximate surface area is 225 Å². The molecule has 1 aliphatic rings. The van der Waals surface area contributed by atoms with E-state index in [9.17, 15) is 8.42 Å². The molecule has 36 heavy (non-hydrogen) atoms. The third-order valence-corrected chi connectivity index (χ3v) is 8.67. The predicted octanol–water partition coefficient (Wildman–Crippen LogP) is 2.72. The maximum absolute atomic E-state index is 11.6. The van der Waals surface area contributed by atoms with Crippen molar-refractivity contribution >= 4 is 61.4 Å². The molecule has 0 saturated heterocycles. The highest BCUT2D eigenvalue weighted by molar-refractivity contribution is 14.1. The van der Waals surface area contributed by atoms with Crippen molar-refractivity contribution < 1.29 is 17.9 Å². The summed E-state index contributed by atoms with van der Waals surface area (Å²) in [5.74, 6) is 1.76. The lowest BCUT2D eigenvalue weighted by Crippen LogP contribution is -2.18. The lowest BCUT2D eigenvalue weighted by atomic mass is 10.2. The van der Waals surface area contributed by atoms with Gasteiger partial charge in [0, 0.05) is 21.6 Å². The molecule has 0 amide bonds. The number of nitrogens with zero attached hydrogens (tertiary/aromatic N) is 4. The molecule has 11 nitrogen and oxygen atoms in total. The zero-order valence-electron chi connectivity index (χ0n) is 18.8. The molecule has 0 unspecified atom stereocenters. The van der Waals surface area contributed by atoms with E-state index >= 15 is 0 Å². The number of rotatable bonds is 9. The zero-order valence-corrected chi connectivity index (χ0v) is 22.6. The molecule has 0 radical (unpaired) electrons. The van der Waals surface area contributed by atoms with Gasteiger partial charge in [-0.15, -0.1) is 0 Å². The number of nitrogens with two attached hydrogens (primary N) is 2. The van der Waals surface area contributed by atoms with Gasteiger partial charge in [-0.25, -0.2) is 28.5 Å². The standard InChI is InChI=1S/C22H22IN7O4S2/c23-15-8-16-17(34-12-33-16)9-18(15)35-22-29-19-20(24)27-11-28-21(19)30(22)6-2-5-26-10-13-3-1-4-14(7-13)36(25,31)32/h1,3-4,7-9,11,26H,2,5-6,10,12H2,(H2,24,27,28)(H2,25,31,32). The van der Waals surface area contributed by atoms with Crippen LogP contribution in [0.5, 0.6) is 11.5 Å². The molecular formula is C22H22IN7O4S2. The van der Waals surface area contributed by atoms with E-state index in [4.69, 9.17) is 25.3 Å². The molecule has 5 N–H and O–H groups in total. The van der Waals surface area contributed by atoms with Gasteiger partial charge in [-0.05, 0) is 65.4 Å². The number of ether oxygens (including phenoxy) is 2. The smallest absolute Gasteiger partial charge is 0.238 e. The van der Waals surface area contributed by atoms with Crippen LogP contribution in [-0.4, -0.2) is 41.3 Å². The average molecular weight is 640 g/mol. The SMILES string of the molecule is Nc1ncnc2c1nc(Sc1cc3c(cc1I)OCO3)n2CCCNCc1cccc(S(N)(=O)=O)c1. The van der Waals surface area contributed by atoms with E-state index in [1.807, 2.05) is 22.8 Å². The molecule has 4 aromatic rings. The van der Waals surface area contributed by atoms with Crippen LogP contribution in [0.1, 0.15) is 12.0 Å². The van der Waals surface area contributed by atoms with E-state index in [2.05, 4.69) is 37.9 Å². The molecule has 2 aromatic heterocycles. The molecule has 0 fully saturated rings. The first-order valence-electron chi connectivity index (χ1n) is 10.9. The number of sulfonamides is 1. The van der Waals surface area contributed by atoms with Crippen LogP contribution in [0.4, 0.5) is 5.82 Å². The summed E-state index contributed by atoms with van der Waals surface area (Å²) >= 11 is 3.77. The first-order chi connectivity index (χ1) is 17.3. The minimum atomic E-state index is -3.73. The van der Waals surface area contributed by atoms with Crippen molar-refractivity contribution in [2.24, 2.45) is 5.14 Å². The van der Waals surface area contributed by atoms with E-state index < -0.39 is 10.0 Å². The highest BCUT2D eigenvalue weighted by Gasteiger charge is 2.20. The molecule has 0 spiro atoms. The van der Waals surface area contributed by atoms with E-state index in [-0.39, 0.29) is 11.7 Å². The predicted molar refractivity (Wildman–Crippen MR) is 143 cm³/mol. The molecule has 3 heterocycles. The zero-order chi connectivity index (χ0) is 25.3. The minimum Gasteiger partial charge on any atom is -0.454 e. The van der Waals surface area contributed by atoms with Crippen LogP contribution in [0.3, 0.4) is 0 Å². The summed E-state index contributed by atoms with van der Waals surface area (Å²) in [6.07, 6.45) is 2.21. The van der Waals surface area contributed by atoms with Crippen molar-refractivity contribution in [1.29, 1.82) is 0 Å². The van der Waals surface area contributed by atoms with Crippen molar-refractivity contribution in [3.05, 3.63) is 51.9 Å². The fraction of sp³-hybridized carbons (Fsp3) is 0.227. The van der Waals surface area contributed by atoms with Gasteiger partial charge in [0.25, 0.3) is 0 Å². The number of aryl methyl sites for hydroxylation is 1. The summed E-state index contributed by atoms with van der Waals surface area (Å²) in [6.45, 7) is 2.05. The number of hydrogen-bond acceptors (Lipinski definition) is 10. The molecule has 1 aliphatic heterocycles. The number of aromatic nitrogens is 4. The number of halogens is 1. The average Bonchev–Trinajstić information content (AvgIpc) is 3.43. The van der Waals surface area contributed by atoms with Crippen LogP contribution >= 0.6 is 34.4 Å². The second-order valence-corrected chi connectivity index (χ2v) is 11.7. The second-order valence-electron chi connectivity index (χ2n) is 7.94. The number of benzene rings is 2. The van der Waals surface area contributed by atoms with Gasteiger partial charge in [-0.2, -0.15) is 0 Å². The van der Waals surface area contributed by atoms with Gasteiger partial charge in [0.1, 0.15) is 6.33 Å². The van der Waals surface area contributed by atoms with E-state index in [1.54, 1.807) is 12.1 Å². The molecule has 5 rings (SSSR count). The Morgan fingerprint density at radius 3 is 2.78 bits per heavy atom. The lowest BCUT2D eigenvalue weighted by molar-refractivity contribution is 0.174. The van der Waals surface area contributed by atoms with Gasteiger partial charge < -0.3 is 25.1 Å². The molecular weight excluding hydrogens is 617 g/mol. The highest BCUT2D eigenvalue weighted by Crippen LogP contribution is 2.41. The van der Waals surface area contributed by atoms with Crippen molar-refractivity contribution in [1.82, 2.24) is 24.8 Å². The Morgan fingerprint density at radius 2 is 1.97 bits per heavy atom. The Morgan fingerprint density at radius 1 is 1.17 bits per heavy atom. The van der Waals surface area contributed by atoms with Crippen LogP contribution in [0.25, 0.3) is 11.2 Å². The number of fused-ring (bicyclic) bond motifs is 2. The molecule has 14 heteroatoms.